The summed E-state index contributed by atoms with van der Waals surface area (Å²) in [5.41, 5.74) is 1.58. The van der Waals surface area contributed by atoms with Gasteiger partial charge in [-0.25, -0.2) is 0 Å². The summed E-state index contributed by atoms with van der Waals surface area (Å²) in [5, 5.41) is 17.6. The van der Waals surface area contributed by atoms with Gasteiger partial charge in [0.1, 0.15) is 0 Å². The molecule has 1 saturated heterocycles. The smallest absolute Gasteiger partial charge is 0.241 e. The lowest BCUT2D eigenvalue weighted by Gasteiger charge is -2.22. The third-order valence-corrected chi connectivity index (χ3v) is 3.61. The van der Waals surface area contributed by atoms with Gasteiger partial charge in [-0.15, -0.1) is 5.10 Å². The van der Waals surface area contributed by atoms with Crippen molar-refractivity contribution in [2.24, 2.45) is 0 Å². The molecule has 1 aliphatic heterocycles. The second kappa shape index (κ2) is 6.01. The minimum Gasteiger partial charge on any atom is -0.325 e. The second-order valence-electron chi connectivity index (χ2n) is 5.18. The van der Waals surface area contributed by atoms with Gasteiger partial charge in [0.15, 0.2) is 5.82 Å². The van der Waals surface area contributed by atoms with Gasteiger partial charge >= 0.3 is 0 Å². The van der Waals surface area contributed by atoms with Gasteiger partial charge in [0.25, 0.3) is 0 Å². The summed E-state index contributed by atoms with van der Waals surface area (Å²) in [6.07, 6.45) is 3.12. The summed E-state index contributed by atoms with van der Waals surface area (Å²) in [7, 11) is 0. The monoisotopic (exact) mass is 286 g/mol. The molecule has 0 radical (unpaired) electrons. The molecule has 0 bridgehead atoms. The highest BCUT2D eigenvalue weighted by Crippen LogP contribution is 2.16. The van der Waals surface area contributed by atoms with Crippen LogP contribution in [-0.4, -0.2) is 38.7 Å². The highest BCUT2D eigenvalue weighted by molar-refractivity contribution is 5.95. The molecule has 21 heavy (non-hydrogen) atoms. The summed E-state index contributed by atoms with van der Waals surface area (Å²) < 4.78 is 1.63. The lowest BCUT2D eigenvalue weighted by molar-refractivity contribution is -0.118. The van der Waals surface area contributed by atoms with Crippen LogP contribution in [0.25, 0.3) is 5.69 Å². The van der Waals surface area contributed by atoms with Crippen LogP contribution < -0.4 is 10.6 Å². The largest absolute Gasteiger partial charge is 0.325 e. The van der Waals surface area contributed by atoms with Gasteiger partial charge in [-0.2, -0.15) is 4.68 Å². The van der Waals surface area contributed by atoms with E-state index in [0.717, 1.165) is 37.2 Å². The molecule has 1 aromatic carbocycles. The van der Waals surface area contributed by atoms with Gasteiger partial charge < -0.3 is 10.6 Å². The Labute approximate surface area is 122 Å². The number of aromatic nitrogens is 4. The van der Waals surface area contributed by atoms with E-state index in [0.29, 0.717) is 5.82 Å². The molecule has 0 aliphatic carbocycles. The van der Waals surface area contributed by atoms with Crippen LogP contribution in [0, 0.1) is 6.92 Å². The van der Waals surface area contributed by atoms with Crippen molar-refractivity contribution in [3.05, 3.63) is 30.1 Å². The molecular weight excluding hydrogens is 268 g/mol. The normalized spacial score (nSPS) is 18.4. The van der Waals surface area contributed by atoms with Crippen LogP contribution in [0.2, 0.25) is 0 Å². The number of piperidine rings is 1. The van der Waals surface area contributed by atoms with E-state index in [1.807, 2.05) is 31.2 Å². The fraction of sp³-hybridized carbons (Fsp3) is 0.429. The Bertz CT molecular complexity index is 632. The van der Waals surface area contributed by atoms with Crippen molar-refractivity contribution in [3.8, 4) is 5.69 Å². The number of hydrogen-bond acceptors (Lipinski definition) is 5. The summed E-state index contributed by atoms with van der Waals surface area (Å²) in [5.74, 6) is 0.715. The van der Waals surface area contributed by atoms with Crippen molar-refractivity contribution in [3.63, 3.8) is 0 Å². The van der Waals surface area contributed by atoms with Crippen LogP contribution in [0.4, 0.5) is 5.69 Å². The minimum absolute atomic E-state index is 0.0142. The third kappa shape index (κ3) is 3.08. The standard InChI is InChI=1S/C14H18N6O/c1-10-17-18-19-20(10)12-6-4-5-11(9-12)16-14(21)13-7-2-3-8-15-13/h4-6,9,13,15H,2-3,7-8H2,1H3,(H,16,21). The number of nitrogens with zero attached hydrogens (tertiary/aromatic N) is 4. The van der Waals surface area contributed by atoms with E-state index >= 15 is 0 Å². The predicted molar refractivity (Wildman–Crippen MR) is 78.2 cm³/mol. The number of carbonyl (C=O) groups is 1. The average molecular weight is 286 g/mol. The number of aryl methyl sites for hydroxylation is 1. The van der Waals surface area contributed by atoms with E-state index < -0.39 is 0 Å². The maximum atomic E-state index is 12.2. The van der Waals surface area contributed by atoms with E-state index in [-0.39, 0.29) is 11.9 Å². The Morgan fingerprint density at radius 3 is 3.05 bits per heavy atom. The maximum Gasteiger partial charge on any atom is 0.241 e. The molecule has 2 aromatic rings. The molecule has 7 nitrogen and oxygen atoms in total. The number of hydrogen-bond donors (Lipinski definition) is 2. The number of amides is 1. The first-order chi connectivity index (χ1) is 10.2. The summed E-state index contributed by atoms with van der Waals surface area (Å²) in [4.78, 5) is 12.2. The molecule has 3 rings (SSSR count). The Morgan fingerprint density at radius 1 is 1.43 bits per heavy atom. The Morgan fingerprint density at radius 2 is 2.33 bits per heavy atom. The molecule has 2 heterocycles. The SMILES string of the molecule is Cc1nnnn1-c1cccc(NC(=O)C2CCCCN2)c1. The van der Waals surface area contributed by atoms with E-state index in [1.165, 1.54) is 0 Å². The fourth-order valence-corrected chi connectivity index (χ4v) is 2.49. The number of tetrazole rings is 1. The van der Waals surface area contributed by atoms with Crippen molar-refractivity contribution >= 4 is 11.6 Å². The van der Waals surface area contributed by atoms with Crippen LogP contribution in [0.3, 0.4) is 0 Å². The van der Waals surface area contributed by atoms with Gasteiger partial charge in [-0.05, 0) is 54.9 Å². The van der Waals surface area contributed by atoms with Crippen molar-refractivity contribution < 1.29 is 4.79 Å². The zero-order chi connectivity index (χ0) is 14.7. The average Bonchev–Trinajstić information content (AvgIpc) is 2.94. The van der Waals surface area contributed by atoms with Crippen LogP contribution in [0.15, 0.2) is 24.3 Å². The molecule has 1 aliphatic rings. The summed E-state index contributed by atoms with van der Waals surface area (Å²) in [6, 6.07) is 7.41. The van der Waals surface area contributed by atoms with E-state index in [1.54, 1.807) is 4.68 Å². The molecule has 7 heteroatoms. The van der Waals surface area contributed by atoms with Gasteiger partial charge in [0.2, 0.25) is 5.91 Å². The maximum absolute atomic E-state index is 12.2. The molecule has 0 spiro atoms. The molecular formula is C14H18N6O. The van der Waals surface area contributed by atoms with Gasteiger partial charge in [0.05, 0.1) is 11.7 Å². The Hall–Kier alpha value is -2.28. The van der Waals surface area contributed by atoms with Crippen LogP contribution in [-0.2, 0) is 4.79 Å². The first-order valence-corrected chi connectivity index (χ1v) is 7.14. The number of nitrogens with one attached hydrogen (secondary N) is 2. The van der Waals surface area contributed by atoms with E-state index in [9.17, 15) is 4.79 Å². The molecule has 1 unspecified atom stereocenters. The number of anilines is 1. The quantitative estimate of drug-likeness (QED) is 0.881. The third-order valence-electron chi connectivity index (χ3n) is 3.61. The number of rotatable bonds is 3. The minimum atomic E-state index is -0.0998. The lowest BCUT2D eigenvalue weighted by Crippen LogP contribution is -2.43. The first-order valence-electron chi connectivity index (χ1n) is 7.14. The highest BCUT2D eigenvalue weighted by atomic mass is 16.2. The van der Waals surface area contributed by atoms with Crippen LogP contribution in [0.1, 0.15) is 25.1 Å². The first kappa shape index (κ1) is 13.7. The number of carbonyl (C=O) groups excluding carboxylic acids is 1. The topological polar surface area (TPSA) is 84.7 Å². The second-order valence-corrected chi connectivity index (χ2v) is 5.18. The molecule has 1 amide bonds. The van der Waals surface area contributed by atoms with E-state index in [2.05, 4.69) is 26.2 Å². The zero-order valence-corrected chi connectivity index (χ0v) is 11.9. The predicted octanol–water partition coefficient (Wildman–Crippen LogP) is 1.05. The Kier molecular flexibility index (Phi) is 3.92. The van der Waals surface area contributed by atoms with Crippen molar-refractivity contribution in [2.45, 2.75) is 32.2 Å². The van der Waals surface area contributed by atoms with Gasteiger partial charge in [-0.1, -0.05) is 12.5 Å². The van der Waals surface area contributed by atoms with Gasteiger partial charge in [0, 0.05) is 5.69 Å². The Balaban J connectivity index is 1.74. The summed E-state index contributed by atoms with van der Waals surface area (Å²) in [6.45, 7) is 2.74. The molecule has 2 N–H and O–H groups in total. The fourth-order valence-electron chi connectivity index (χ4n) is 2.49. The van der Waals surface area contributed by atoms with Crippen molar-refractivity contribution in [1.82, 2.24) is 25.5 Å². The molecule has 1 fully saturated rings. The van der Waals surface area contributed by atoms with E-state index in [4.69, 9.17) is 0 Å². The molecule has 110 valence electrons. The number of benzene rings is 1. The molecule has 0 saturated carbocycles. The van der Waals surface area contributed by atoms with Crippen molar-refractivity contribution in [2.75, 3.05) is 11.9 Å². The van der Waals surface area contributed by atoms with Crippen molar-refractivity contribution in [1.29, 1.82) is 0 Å². The molecule has 1 atom stereocenters. The summed E-state index contributed by atoms with van der Waals surface area (Å²) >= 11 is 0. The zero-order valence-electron chi connectivity index (χ0n) is 11.9. The molecule has 1 aromatic heterocycles. The van der Waals surface area contributed by atoms with Crippen LogP contribution in [0.5, 0.6) is 0 Å². The highest BCUT2D eigenvalue weighted by Gasteiger charge is 2.20. The van der Waals surface area contributed by atoms with Gasteiger partial charge in [-0.3, -0.25) is 4.79 Å². The van der Waals surface area contributed by atoms with Crippen LogP contribution >= 0.6 is 0 Å². The lowest BCUT2D eigenvalue weighted by atomic mass is 10.0.